The largest absolute Gasteiger partial charge is 0.494 e. The summed E-state index contributed by atoms with van der Waals surface area (Å²) >= 11 is 0. The molecule has 0 heterocycles. The highest BCUT2D eigenvalue weighted by atomic mass is 16.5. The van der Waals surface area contributed by atoms with Crippen LogP contribution in [0.5, 0.6) is 23.0 Å². The molecule has 4 rings (SSSR count). The molecule has 4 aromatic rings. The second-order valence-corrected chi connectivity index (χ2v) is 16.9. The third kappa shape index (κ3) is 22.0. The Hall–Kier alpha value is -5.64. The van der Waals surface area contributed by atoms with Gasteiger partial charge in [-0.3, -0.25) is 0 Å². The van der Waals surface area contributed by atoms with Gasteiger partial charge in [-0.1, -0.05) is 129 Å². The second-order valence-electron chi connectivity index (χ2n) is 16.9. The van der Waals surface area contributed by atoms with Gasteiger partial charge >= 0.3 is 23.9 Å². The lowest BCUT2D eigenvalue weighted by molar-refractivity contribution is 0.0432. The molecule has 0 atom stereocenters. The van der Waals surface area contributed by atoms with Crippen LogP contribution in [0.1, 0.15) is 197 Å². The van der Waals surface area contributed by atoms with Crippen LogP contribution in [0, 0.1) is 0 Å². The van der Waals surface area contributed by atoms with Gasteiger partial charge in [0.05, 0.1) is 48.7 Å². The summed E-state index contributed by atoms with van der Waals surface area (Å²) in [5.74, 6) is -0.0133. The van der Waals surface area contributed by atoms with Gasteiger partial charge in [0, 0.05) is 0 Å². The molecule has 0 spiro atoms. The normalized spacial score (nSPS) is 10.9. The zero-order valence-corrected chi connectivity index (χ0v) is 39.7. The lowest BCUT2D eigenvalue weighted by Gasteiger charge is -2.09. The summed E-state index contributed by atoms with van der Waals surface area (Å²) in [5.41, 5.74) is 1.42. The molecule has 66 heavy (non-hydrogen) atoms. The Kier molecular flexibility index (Phi) is 26.4. The minimum Gasteiger partial charge on any atom is -0.494 e. The molecule has 0 unspecified atom stereocenters. The van der Waals surface area contributed by atoms with Gasteiger partial charge in [-0.25, -0.2) is 19.2 Å². The molecule has 0 saturated carbocycles. The molecular formula is C56H74O10. The first-order valence-corrected chi connectivity index (χ1v) is 24.8. The first-order valence-electron chi connectivity index (χ1n) is 24.8. The van der Waals surface area contributed by atoms with Crippen LogP contribution in [-0.4, -0.2) is 50.3 Å². The van der Waals surface area contributed by atoms with E-state index in [0.717, 1.165) is 25.7 Å². The van der Waals surface area contributed by atoms with Crippen molar-refractivity contribution in [2.75, 3.05) is 26.4 Å². The van der Waals surface area contributed by atoms with E-state index in [0.29, 0.717) is 71.3 Å². The number of carbonyl (C=O) groups is 4. The van der Waals surface area contributed by atoms with E-state index in [1.165, 1.54) is 127 Å². The van der Waals surface area contributed by atoms with Gasteiger partial charge in [0.1, 0.15) is 23.0 Å². The Labute approximate surface area is 394 Å². The number of unbranched alkanes of at least 4 members (excludes halogenated alkanes) is 19. The summed E-state index contributed by atoms with van der Waals surface area (Å²) in [6, 6.07) is 26.1. The number of benzene rings is 4. The number of carbonyl (C=O) groups excluding carboxylic acids is 4. The number of hydrogen-bond acceptors (Lipinski definition) is 10. The standard InChI is InChI=1S/C56H74O10/c1-3-5-7-9-11-13-15-17-19-21-41-61-49-33-25-47(26-34-49)55(59)65-51-37-29-45(30-38-51)53(57)63-43-23-24-44-64-54(58)46-31-39-52(40-32-46)66-56(60)48-27-35-50(36-28-48)62-42-22-20-18-16-14-12-10-8-6-4-2/h25-40H,3-24,41-44H2,1-2H3. The minimum absolute atomic E-state index is 0.140. The van der Waals surface area contributed by atoms with Gasteiger partial charge in [0.25, 0.3) is 0 Å². The summed E-state index contributed by atoms with van der Waals surface area (Å²) in [6.07, 6.45) is 26.4. The van der Waals surface area contributed by atoms with Gasteiger partial charge in [-0.2, -0.15) is 0 Å². The quantitative estimate of drug-likeness (QED) is 0.0250. The third-order valence-corrected chi connectivity index (χ3v) is 11.3. The number of esters is 4. The van der Waals surface area contributed by atoms with Crippen molar-refractivity contribution in [3.8, 4) is 23.0 Å². The second kappa shape index (κ2) is 32.9. The first kappa shape index (κ1) is 53.0. The number of hydrogen-bond donors (Lipinski definition) is 0. The Morgan fingerprint density at radius 3 is 0.833 bits per heavy atom. The van der Waals surface area contributed by atoms with Gasteiger partial charge in [-0.15, -0.1) is 0 Å². The van der Waals surface area contributed by atoms with Crippen LogP contribution >= 0.6 is 0 Å². The number of rotatable bonds is 35. The zero-order valence-electron chi connectivity index (χ0n) is 39.7. The lowest BCUT2D eigenvalue weighted by atomic mass is 10.1. The molecule has 0 amide bonds. The van der Waals surface area contributed by atoms with Crippen LogP contribution in [0.15, 0.2) is 97.1 Å². The van der Waals surface area contributed by atoms with Crippen LogP contribution in [0.2, 0.25) is 0 Å². The van der Waals surface area contributed by atoms with Gasteiger partial charge in [-0.05, 0) is 123 Å². The van der Waals surface area contributed by atoms with Gasteiger partial charge in [0.2, 0.25) is 0 Å². The smallest absolute Gasteiger partial charge is 0.343 e. The molecule has 0 saturated heterocycles. The Morgan fingerprint density at radius 2 is 0.530 bits per heavy atom. The Balaban J connectivity index is 1.02. The zero-order chi connectivity index (χ0) is 46.9. The predicted octanol–water partition coefficient (Wildman–Crippen LogP) is 14.5. The molecule has 4 aromatic carbocycles. The molecule has 0 N–H and O–H groups in total. The number of ether oxygens (including phenoxy) is 6. The summed E-state index contributed by atoms with van der Waals surface area (Å²) in [5, 5.41) is 0. The molecule has 358 valence electrons. The highest BCUT2D eigenvalue weighted by molar-refractivity contribution is 5.93. The summed E-state index contributed by atoms with van der Waals surface area (Å²) in [6.45, 7) is 6.07. The molecule has 10 heteroatoms. The van der Waals surface area contributed by atoms with Crippen molar-refractivity contribution in [1.82, 2.24) is 0 Å². The van der Waals surface area contributed by atoms with E-state index in [4.69, 9.17) is 28.4 Å². The van der Waals surface area contributed by atoms with Crippen LogP contribution in [0.4, 0.5) is 0 Å². The maximum atomic E-state index is 12.7. The molecule has 0 fully saturated rings. The van der Waals surface area contributed by atoms with Crippen molar-refractivity contribution in [1.29, 1.82) is 0 Å². The molecule has 0 radical (unpaired) electrons. The van der Waals surface area contributed by atoms with Crippen molar-refractivity contribution in [2.24, 2.45) is 0 Å². The Morgan fingerprint density at radius 1 is 0.288 bits per heavy atom. The SMILES string of the molecule is CCCCCCCCCCCCOc1ccc(C(=O)Oc2ccc(C(=O)OCCCCOC(=O)c3ccc(OC(=O)c4ccc(OCCCCCCCCCCCC)cc4)cc3)cc2)cc1. The van der Waals surface area contributed by atoms with Crippen LogP contribution in [0.3, 0.4) is 0 Å². The lowest BCUT2D eigenvalue weighted by Crippen LogP contribution is -2.10. The average molecular weight is 907 g/mol. The fourth-order valence-corrected chi connectivity index (χ4v) is 7.28. The summed E-state index contributed by atoms with van der Waals surface area (Å²) in [7, 11) is 0. The molecule has 0 aliphatic carbocycles. The maximum absolute atomic E-state index is 12.7. The fraction of sp³-hybridized carbons (Fsp3) is 0.500. The van der Waals surface area contributed by atoms with Crippen molar-refractivity contribution in [3.05, 3.63) is 119 Å². The van der Waals surface area contributed by atoms with E-state index in [9.17, 15) is 19.2 Å². The maximum Gasteiger partial charge on any atom is 0.343 e. The Bertz CT molecular complexity index is 1800. The highest BCUT2D eigenvalue weighted by Gasteiger charge is 2.14. The molecule has 10 nitrogen and oxygen atoms in total. The van der Waals surface area contributed by atoms with Crippen molar-refractivity contribution < 1.29 is 47.6 Å². The predicted molar refractivity (Wildman–Crippen MR) is 260 cm³/mol. The van der Waals surface area contributed by atoms with E-state index in [-0.39, 0.29) is 13.2 Å². The highest BCUT2D eigenvalue weighted by Crippen LogP contribution is 2.21. The summed E-state index contributed by atoms with van der Waals surface area (Å²) < 4.78 is 33.4. The topological polar surface area (TPSA) is 124 Å². The minimum atomic E-state index is -0.514. The molecule has 0 aromatic heterocycles. The molecule has 0 aliphatic rings. The summed E-state index contributed by atoms with van der Waals surface area (Å²) in [4.78, 5) is 50.6. The molecule has 0 bridgehead atoms. The van der Waals surface area contributed by atoms with E-state index in [1.54, 1.807) is 72.8 Å². The van der Waals surface area contributed by atoms with Gasteiger partial charge in [0.15, 0.2) is 0 Å². The van der Waals surface area contributed by atoms with Crippen molar-refractivity contribution in [2.45, 2.75) is 155 Å². The van der Waals surface area contributed by atoms with Gasteiger partial charge < -0.3 is 28.4 Å². The molecular weight excluding hydrogens is 833 g/mol. The first-order chi connectivity index (χ1) is 32.4. The monoisotopic (exact) mass is 907 g/mol. The van der Waals surface area contributed by atoms with Crippen molar-refractivity contribution >= 4 is 23.9 Å². The third-order valence-electron chi connectivity index (χ3n) is 11.3. The van der Waals surface area contributed by atoms with Crippen LogP contribution < -0.4 is 18.9 Å². The van der Waals surface area contributed by atoms with Crippen LogP contribution in [-0.2, 0) is 9.47 Å². The van der Waals surface area contributed by atoms with E-state index in [1.807, 2.05) is 0 Å². The van der Waals surface area contributed by atoms with E-state index >= 15 is 0 Å². The van der Waals surface area contributed by atoms with Crippen molar-refractivity contribution in [3.63, 3.8) is 0 Å². The molecule has 0 aliphatic heterocycles. The van der Waals surface area contributed by atoms with Crippen LogP contribution in [0.25, 0.3) is 0 Å². The van der Waals surface area contributed by atoms with E-state index < -0.39 is 23.9 Å². The average Bonchev–Trinajstić information content (AvgIpc) is 3.34. The fourth-order valence-electron chi connectivity index (χ4n) is 7.28. The van der Waals surface area contributed by atoms with E-state index in [2.05, 4.69) is 13.8 Å².